The molecule has 0 aliphatic heterocycles. The standard InChI is InChI=1S/C10H12F2N2O/c11-10(12)3-1-2-9(4-10)14-6-8(7-15)5-13-14/h5-7,9H,1-4H2. The molecule has 1 aromatic heterocycles. The topological polar surface area (TPSA) is 34.9 Å². The molecule has 1 fully saturated rings. The van der Waals surface area contributed by atoms with E-state index in [0.29, 0.717) is 24.7 Å². The lowest BCUT2D eigenvalue weighted by atomic mass is 9.92. The van der Waals surface area contributed by atoms with Crippen molar-refractivity contribution in [3.8, 4) is 0 Å². The molecule has 2 rings (SSSR count). The minimum absolute atomic E-state index is 0.0364. The molecule has 1 heterocycles. The first kappa shape index (κ1) is 10.3. The van der Waals surface area contributed by atoms with Gasteiger partial charge in [0.2, 0.25) is 5.92 Å². The minimum Gasteiger partial charge on any atom is -0.298 e. The van der Waals surface area contributed by atoms with E-state index in [4.69, 9.17) is 0 Å². The molecule has 1 aliphatic carbocycles. The van der Waals surface area contributed by atoms with Gasteiger partial charge in [-0.25, -0.2) is 8.78 Å². The Kier molecular flexibility index (Phi) is 2.54. The molecule has 0 amide bonds. The van der Waals surface area contributed by atoms with Crippen LogP contribution in [-0.2, 0) is 0 Å². The molecule has 1 aromatic rings. The Bertz CT molecular complexity index is 362. The van der Waals surface area contributed by atoms with Crippen LogP contribution in [0.15, 0.2) is 12.4 Å². The molecule has 1 aliphatic rings. The van der Waals surface area contributed by atoms with Crippen molar-refractivity contribution in [3.63, 3.8) is 0 Å². The minimum atomic E-state index is -2.59. The van der Waals surface area contributed by atoms with Gasteiger partial charge in [0, 0.05) is 19.0 Å². The van der Waals surface area contributed by atoms with E-state index in [2.05, 4.69) is 5.10 Å². The van der Waals surface area contributed by atoms with Crippen LogP contribution in [0.1, 0.15) is 42.1 Å². The number of nitrogens with zero attached hydrogens (tertiary/aromatic N) is 2. The normalized spacial score (nSPS) is 25.1. The van der Waals surface area contributed by atoms with Gasteiger partial charge in [0.05, 0.1) is 17.8 Å². The predicted molar refractivity (Wildman–Crippen MR) is 50.1 cm³/mol. The molecule has 5 heteroatoms. The van der Waals surface area contributed by atoms with Crippen LogP contribution in [0.5, 0.6) is 0 Å². The fraction of sp³-hybridized carbons (Fsp3) is 0.600. The van der Waals surface area contributed by atoms with E-state index < -0.39 is 5.92 Å². The van der Waals surface area contributed by atoms with Crippen molar-refractivity contribution in [3.05, 3.63) is 18.0 Å². The fourth-order valence-corrected chi connectivity index (χ4v) is 1.98. The van der Waals surface area contributed by atoms with Gasteiger partial charge in [-0.2, -0.15) is 5.10 Å². The summed E-state index contributed by atoms with van der Waals surface area (Å²) in [6.07, 6.45) is 4.60. The first-order valence-corrected chi connectivity index (χ1v) is 4.98. The summed E-state index contributed by atoms with van der Waals surface area (Å²) in [7, 11) is 0. The number of aromatic nitrogens is 2. The number of hydrogen-bond acceptors (Lipinski definition) is 2. The maximum atomic E-state index is 13.1. The lowest BCUT2D eigenvalue weighted by molar-refractivity contribution is -0.0512. The van der Waals surface area contributed by atoms with E-state index in [-0.39, 0.29) is 18.9 Å². The number of carbonyl (C=O) groups is 1. The Hall–Kier alpha value is -1.26. The smallest absolute Gasteiger partial charge is 0.250 e. The second kappa shape index (κ2) is 3.72. The van der Waals surface area contributed by atoms with Gasteiger partial charge in [-0.1, -0.05) is 0 Å². The Labute approximate surface area is 86.1 Å². The predicted octanol–water partition coefficient (Wildman–Crippen LogP) is 2.45. The van der Waals surface area contributed by atoms with Crippen molar-refractivity contribution in [2.24, 2.45) is 0 Å². The summed E-state index contributed by atoms with van der Waals surface area (Å²) in [5, 5.41) is 3.93. The van der Waals surface area contributed by atoms with E-state index in [1.54, 1.807) is 0 Å². The van der Waals surface area contributed by atoms with E-state index in [1.807, 2.05) is 0 Å². The molecular weight excluding hydrogens is 202 g/mol. The Morgan fingerprint density at radius 2 is 2.40 bits per heavy atom. The highest BCUT2D eigenvalue weighted by atomic mass is 19.3. The number of hydrogen-bond donors (Lipinski definition) is 0. The molecular formula is C10H12F2N2O. The zero-order chi connectivity index (χ0) is 10.9. The summed E-state index contributed by atoms with van der Waals surface area (Å²) in [5.74, 6) is -2.59. The quantitative estimate of drug-likeness (QED) is 0.709. The van der Waals surface area contributed by atoms with Gasteiger partial charge in [0.1, 0.15) is 0 Å². The van der Waals surface area contributed by atoms with Crippen LogP contribution in [0.2, 0.25) is 0 Å². The molecule has 15 heavy (non-hydrogen) atoms. The van der Waals surface area contributed by atoms with Crippen molar-refractivity contribution in [2.75, 3.05) is 0 Å². The van der Waals surface area contributed by atoms with Crippen molar-refractivity contribution >= 4 is 6.29 Å². The van der Waals surface area contributed by atoms with Crippen LogP contribution >= 0.6 is 0 Å². The Balaban J connectivity index is 2.13. The average molecular weight is 214 g/mol. The maximum absolute atomic E-state index is 13.1. The largest absolute Gasteiger partial charge is 0.298 e. The van der Waals surface area contributed by atoms with Crippen LogP contribution in [0.3, 0.4) is 0 Å². The number of aldehydes is 1. The molecule has 0 saturated heterocycles. The lowest BCUT2D eigenvalue weighted by Crippen LogP contribution is -2.28. The third-order valence-electron chi connectivity index (χ3n) is 2.75. The first-order valence-electron chi connectivity index (χ1n) is 4.98. The first-order chi connectivity index (χ1) is 7.11. The Morgan fingerprint density at radius 3 is 3.00 bits per heavy atom. The van der Waals surface area contributed by atoms with Gasteiger partial charge in [-0.3, -0.25) is 9.48 Å². The zero-order valence-corrected chi connectivity index (χ0v) is 8.20. The molecule has 1 unspecified atom stereocenters. The molecule has 1 atom stereocenters. The number of alkyl halides is 2. The summed E-state index contributed by atoms with van der Waals surface area (Å²) in [6, 6.07) is -0.276. The lowest BCUT2D eigenvalue weighted by Gasteiger charge is -2.28. The fourth-order valence-electron chi connectivity index (χ4n) is 1.98. The summed E-state index contributed by atoms with van der Waals surface area (Å²) in [4.78, 5) is 10.4. The van der Waals surface area contributed by atoms with Crippen molar-refractivity contribution in [1.29, 1.82) is 0 Å². The number of halogens is 2. The number of rotatable bonds is 2. The third kappa shape index (κ3) is 2.22. The van der Waals surface area contributed by atoms with Crippen LogP contribution in [-0.4, -0.2) is 22.0 Å². The summed E-state index contributed by atoms with van der Waals surface area (Å²) in [6.45, 7) is 0. The van der Waals surface area contributed by atoms with Gasteiger partial charge in [0.25, 0.3) is 0 Å². The van der Waals surface area contributed by atoms with Crippen LogP contribution in [0.4, 0.5) is 8.78 Å². The summed E-state index contributed by atoms with van der Waals surface area (Å²) >= 11 is 0. The Morgan fingerprint density at radius 1 is 1.60 bits per heavy atom. The zero-order valence-electron chi connectivity index (χ0n) is 8.20. The molecule has 3 nitrogen and oxygen atoms in total. The van der Waals surface area contributed by atoms with Gasteiger partial charge < -0.3 is 0 Å². The van der Waals surface area contributed by atoms with Gasteiger partial charge in [-0.15, -0.1) is 0 Å². The molecule has 0 bridgehead atoms. The molecule has 82 valence electrons. The van der Waals surface area contributed by atoms with Gasteiger partial charge in [0.15, 0.2) is 6.29 Å². The highest BCUT2D eigenvalue weighted by molar-refractivity contribution is 5.73. The number of carbonyl (C=O) groups excluding carboxylic acids is 1. The van der Waals surface area contributed by atoms with Crippen LogP contribution in [0.25, 0.3) is 0 Å². The molecule has 0 aromatic carbocycles. The summed E-state index contributed by atoms with van der Waals surface area (Å²) in [5.41, 5.74) is 0.434. The highest BCUT2D eigenvalue weighted by Crippen LogP contribution is 2.38. The van der Waals surface area contributed by atoms with Crippen molar-refractivity contribution < 1.29 is 13.6 Å². The third-order valence-corrected chi connectivity index (χ3v) is 2.75. The van der Waals surface area contributed by atoms with Crippen LogP contribution < -0.4 is 0 Å². The molecule has 0 spiro atoms. The van der Waals surface area contributed by atoms with Crippen LogP contribution in [0, 0.1) is 0 Å². The van der Waals surface area contributed by atoms with E-state index >= 15 is 0 Å². The highest BCUT2D eigenvalue weighted by Gasteiger charge is 2.37. The monoisotopic (exact) mass is 214 g/mol. The van der Waals surface area contributed by atoms with E-state index in [9.17, 15) is 13.6 Å². The molecule has 0 radical (unpaired) electrons. The molecule has 1 saturated carbocycles. The van der Waals surface area contributed by atoms with Gasteiger partial charge in [-0.05, 0) is 12.8 Å². The molecule has 0 N–H and O–H groups in total. The second-order valence-corrected chi connectivity index (χ2v) is 3.98. The van der Waals surface area contributed by atoms with Crippen molar-refractivity contribution in [1.82, 2.24) is 9.78 Å². The second-order valence-electron chi connectivity index (χ2n) is 3.98. The maximum Gasteiger partial charge on any atom is 0.250 e. The SMILES string of the molecule is O=Cc1cnn(C2CCCC(F)(F)C2)c1. The van der Waals surface area contributed by atoms with Crippen molar-refractivity contribution in [2.45, 2.75) is 37.6 Å². The van der Waals surface area contributed by atoms with Gasteiger partial charge >= 0.3 is 0 Å². The van der Waals surface area contributed by atoms with E-state index in [0.717, 1.165) is 0 Å². The average Bonchev–Trinajstić information content (AvgIpc) is 2.64. The van der Waals surface area contributed by atoms with E-state index in [1.165, 1.54) is 17.1 Å². The summed E-state index contributed by atoms with van der Waals surface area (Å²) < 4.78 is 27.7.